The summed E-state index contributed by atoms with van der Waals surface area (Å²) in [5, 5.41) is 12.7. The second-order valence-corrected chi connectivity index (χ2v) is 14.8. The first-order valence-corrected chi connectivity index (χ1v) is 19.1. The molecule has 55 heavy (non-hydrogen) atoms. The third-order valence-corrected chi connectivity index (χ3v) is 9.80. The van der Waals surface area contributed by atoms with Crippen molar-refractivity contribution in [3.8, 4) is 22.4 Å². The van der Waals surface area contributed by atoms with E-state index >= 15 is 4.39 Å². The van der Waals surface area contributed by atoms with Crippen molar-refractivity contribution in [3.05, 3.63) is 108 Å². The largest absolute Gasteiger partial charge is 0.444 e. The molecule has 2 aromatic heterocycles. The lowest BCUT2D eigenvalue weighted by molar-refractivity contribution is -0.133. The molecular weight excluding hydrogens is 698 g/mol. The highest BCUT2D eigenvalue weighted by atomic mass is 19.1. The average Bonchev–Trinajstić information content (AvgIpc) is 3.61. The summed E-state index contributed by atoms with van der Waals surface area (Å²) in [5.41, 5.74) is 7.16. The van der Waals surface area contributed by atoms with Crippen molar-refractivity contribution in [2.75, 3.05) is 18.4 Å². The Bertz CT molecular complexity index is 2120. The van der Waals surface area contributed by atoms with Crippen LogP contribution in [0.15, 0.2) is 85.3 Å². The number of anilines is 1. The van der Waals surface area contributed by atoms with Crippen LogP contribution in [0.1, 0.15) is 82.9 Å². The Kier molecular flexibility index (Phi) is 12.2. The minimum Gasteiger partial charge on any atom is -0.444 e. The quantitative estimate of drug-likeness (QED) is 0.130. The van der Waals surface area contributed by atoms with E-state index in [1.807, 2.05) is 38.2 Å². The van der Waals surface area contributed by atoms with Gasteiger partial charge in [-0.3, -0.25) is 19.8 Å². The number of rotatable bonds is 9. The number of carbonyl (C=O) groups excluding carboxylic acids is 3. The van der Waals surface area contributed by atoms with Crippen LogP contribution >= 0.6 is 0 Å². The van der Waals surface area contributed by atoms with Crippen LogP contribution in [0, 0.1) is 5.82 Å². The lowest BCUT2D eigenvalue weighted by atomic mass is 9.89. The number of carbonyl (C=O) groups is 3. The number of nitrogens with zero attached hydrogens (tertiary/aromatic N) is 4. The molecule has 7 rings (SSSR count). The summed E-state index contributed by atoms with van der Waals surface area (Å²) in [6, 6.07) is 23.5. The molecule has 12 heteroatoms. The molecule has 3 N–H and O–H groups in total. The molecule has 288 valence electrons. The van der Waals surface area contributed by atoms with E-state index < -0.39 is 17.5 Å². The number of nitrogens with one attached hydrogen (secondary N) is 3. The van der Waals surface area contributed by atoms with Crippen molar-refractivity contribution in [3.63, 3.8) is 0 Å². The number of halogens is 1. The maximum absolute atomic E-state index is 15.1. The number of piperidine rings is 2. The highest BCUT2D eigenvalue weighted by molar-refractivity contribution is 6.01. The molecule has 1 unspecified atom stereocenters. The number of fused-ring (bicyclic) bond motifs is 1. The van der Waals surface area contributed by atoms with Crippen LogP contribution in [0.5, 0.6) is 0 Å². The average molecular weight is 748 g/mol. The highest BCUT2D eigenvalue weighted by Gasteiger charge is 2.27. The van der Waals surface area contributed by atoms with E-state index in [9.17, 15) is 14.4 Å². The number of hydrogen-bond donors (Lipinski definition) is 3. The van der Waals surface area contributed by atoms with E-state index in [-0.39, 0.29) is 24.4 Å². The van der Waals surface area contributed by atoms with Crippen LogP contribution in [-0.2, 0) is 27.4 Å². The number of amides is 3. The van der Waals surface area contributed by atoms with Gasteiger partial charge in [-0.1, -0.05) is 62.4 Å². The van der Waals surface area contributed by atoms with Crippen LogP contribution in [-0.4, -0.2) is 62.1 Å². The van der Waals surface area contributed by atoms with Crippen LogP contribution in [0.2, 0.25) is 0 Å². The van der Waals surface area contributed by atoms with Crippen molar-refractivity contribution in [2.24, 2.45) is 0 Å². The molecule has 0 aliphatic carbocycles. The van der Waals surface area contributed by atoms with Gasteiger partial charge in [0.15, 0.2) is 0 Å². The van der Waals surface area contributed by atoms with Gasteiger partial charge in [0, 0.05) is 48.1 Å². The number of aromatic nitrogens is 3. The first kappa shape index (κ1) is 39.1. The Hall–Kier alpha value is -5.62. The first-order valence-electron chi connectivity index (χ1n) is 19.1. The molecule has 0 saturated carbocycles. The molecule has 2 fully saturated rings. The van der Waals surface area contributed by atoms with Crippen LogP contribution in [0.4, 0.5) is 14.9 Å². The SMILES string of the molecule is CC.CC(C)(C)OC(=O)NCc1ccc(-c2ncnn3cc(-c4ccc(CN5CCC(c6ccc(NC7CCC(=O)NC7=O)cc6)CC5)cc4)cc23)cc1F. The second kappa shape index (κ2) is 17.2. The molecule has 0 radical (unpaired) electrons. The number of hydrogen-bond acceptors (Lipinski definition) is 8. The third-order valence-electron chi connectivity index (χ3n) is 9.80. The van der Waals surface area contributed by atoms with Gasteiger partial charge >= 0.3 is 6.09 Å². The van der Waals surface area contributed by atoms with Crippen LogP contribution < -0.4 is 16.0 Å². The van der Waals surface area contributed by atoms with Crippen molar-refractivity contribution < 1.29 is 23.5 Å². The summed E-state index contributed by atoms with van der Waals surface area (Å²) in [7, 11) is 0. The fourth-order valence-corrected chi connectivity index (χ4v) is 7.00. The summed E-state index contributed by atoms with van der Waals surface area (Å²) in [6.45, 7) is 12.2. The van der Waals surface area contributed by atoms with Gasteiger partial charge in [0.1, 0.15) is 23.8 Å². The molecule has 0 spiro atoms. The normalized spacial score (nSPS) is 16.6. The molecule has 2 aliphatic rings. The van der Waals surface area contributed by atoms with Gasteiger partial charge in [-0.05, 0) is 100.0 Å². The Balaban J connectivity index is 0.00000253. The van der Waals surface area contributed by atoms with E-state index in [2.05, 4.69) is 67.3 Å². The van der Waals surface area contributed by atoms with Gasteiger partial charge in [0.2, 0.25) is 11.8 Å². The maximum Gasteiger partial charge on any atom is 0.407 e. The molecule has 5 aromatic rings. The number of imide groups is 1. The van der Waals surface area contributed by atoms with Gasteiger partial charge in [-0.15, -0.1) is 0 Å². The van der Waals surface area contributed by atoms with Gasteiger partial charge in [-0.25, -0.2) is 18.7 Å². The fraction of sp³-hybridized carbons (Fsp3) is 0.372. The monoisotopic (exact) mass is 747 g/mol. The number of ether oxygens (including phenoxy) is 1. The lowest BCUT2D eigenvalue weighted by Gasteiger charge is -2.32. The fourth-order valence-electron chi connectivity index (χ4n) is 7.00. The molecule has 2 aliphatic heterocycles. The zero-order valence-corrected chi connectivity index (χ0v) is 32.2. The van der Waals surface area contributed by atoms with E-state index in [1.165, 1.54) is 23.5 Å². The third kappa shape index (κ3) is 9.93. The van der Waals surface area contributed by atoms with Gasteiger partial charge in [0.25, 0.3) is 0 Å². The van der Waals surface area contributed by atoms with Gasteiger partial charge in [0.05, 0.1) is 11.2 Å². The van der Waals surface area contributed by atoms with Crippen LogP contribution in [0.25, 0.3) is 27.9 Å². The molecule has 11 nitrogen and oxygen atoms in total. The molecule has 3 amide bonds. The zero-order valence-electron chi connectivity index (χ0n) is 32.2. The van der Waals surface area contributed by atoms with Crippen molar-refractivity contribution in [2.45, 2.75) is 91.0 Å². The maximum atomic E-state index is 15.1. The standard InChI is InChI=1S/C41H44FN7O4.C2H6/c1-41(2,3)53-40(52)43-22-31-9-8-30(20-34(31)42)38-36-21-32(24-49(36)45-25-44-38)28-6-4-26(5-7-28)23-48-18-16-29(17-19-48)27-10-12-33(13-11-27)46-35-14-15-37(50)47-39(35)51;1-2/h4-13,20-21,24-25,29,35,46H,14-19,22-23H2,1-3H3,(H,43,52)(H,47,50,51);1-2H3. The summed E-state index contributed by atoms with van der Waals surface area (Å²) in [4.78, 5) is 42.5. The minimum absolute atomic E-state index is 0.00721. The van der Waals surface area contributed by atoms with E-state index in [1.54, 1.807) is 37.4 Å². The Morgan fingerprint density at radius 2 is 1.64 bits per heavy atom. The molecule has 2 saturated heterocycles. The van der Waals surface area contributed by atoms with E-state index in [0.29, 0.717) is 35.6 Å². The number of alkyl carbamates (subject to hydrolysis) is 1. The predicted octanol–water partition coefficient (Wildman–Crippen LogP) is 7.85. The summed E-state index contributed by atoms with van der Waals surface area (Å²) in [6.07, 6.45) is 5.83. The topological polar surface area (TPSA) is 130 Å². The second-order valence-electron chi connectivity index (χ2n) is 14.8. The summed E-state index contributed by atoms with van der Waals surface area (Å²) >= 11 is 0. The predicted molar refractivity (Wildman–Crippen MR) is 212 cm³/mol. The zero-order chi connectivity index (χ0) is 39.1. The van der Waals surface area contributed by atoms with E-state index in [0.717, 1.165) is 54.8 Å². The van der Waals surface area contributed by atoms with Crippen molar-refractivity contribution in [1.29, 1.82) is 0 Å². The van der Waals surface area contributed by atoms with Crippen molar-refractivity contribution in [1.82, 2.24) is 30.1 Å². The van der Waals surface area contributed by atoms with Gasteiger partial charge in [-0.2, -0.15) is 5.10 Å². The number of likely N-dealkylation sites (tertiary alicyclic amines) is 1. The Morgan fingerprint density at radius 3 is 2.31 bits per heavy atom. The van der Waals surface area contributed by atoms with E-state index in [4.69, 9.17) is 4.74 Å². The highest BCUT2D eigenvalue weighted by Crippen LogP contribution is 2.32. The minimum atomic E-state index is -0.638. The molecule has 4 heterocycles. The smallest absolute Gasteiger partial charge is 0.407 e. The summed E-state index contributed by atoms with van der Waals surface area (Å²) in [5.74, 6) is -0.430. The first-order chi connectivity index (χ1) is 26.5. The Morgan fingerprint density at radius 1 is 0.927 bits per heavy atom. The van der Waals surface area contributed by atoms with Crippen molar-refractivity contribution >= 4 is 29.1 Å². The number of benzene rings is 3. The van der Waals surface area contributed by atoms with Gasteiger partial charge < -0.3 is 15.4 Å². The molecular formula is C43H50FN7O4. The summed E-state index contributed by atoms with van der Waals surface area (Å²) < 4.78 is 22.1. The lowest BCUT2D eigenvalue weighted by Crippen LogP contribution is -2.47. The Labute approximate surface area is 321 Å². The molecule has 3 aromatic carbocycles. The van der Waals surface area contributed by atoms with Crippen LogP contribution in [0.3, 0.4) is 0 Å². The molecule has 1 atom stereocenters. The molecule has 0 bridgehead atoms.